The normalized spacial score (nSPS) is 14.8. The lowest BCUT2D eigenvalue weighted by Gasteiger charge is -2.18. The molecule has 0 saturated heterocycles. The second-order valence-corrected chi connectivity index (χ2v) is 7.45. The Balaban J connectivity index is 1.48. The number of rotatable bonds is 8. The second kappa shape index (κ2) is 8.54. The standard InChI is InChI=1S/C19H24ClN5O2/c1-13(14-6-7-14)25-17(8-9-21-25)23-19(27)12-24(2)11-18(26)22-16-5-3-4-15(20)10-16/h3-5,8-10,13-14H,6-7,11-12H2,1-2H3,(H,22,26)(H,23,27). The van der Waals surface area contributed by atoms with E-state index in [-0.39, 0.29) is 30.9 Å². The molecular formula is C19H24ClN5O2. The number of halogens is 1. The highest BCUT2D eigenvalue weighted by molar-refractivity contribution is 6.30. The number of carbonyl (C=O) groups is 2. The van der Waals surface area contributed by atoms with Crippen LogP contribution in [-0.4, -0.2) is 46.6 Å². The molecule has 3 rings (SSSR count). The van der Waals surface area contributed by atoms with Crippen LogP contribution in [0.4, 0.5) is 11.5 Å². The predicted molar refractivity (Wildman–Crippen MR) is 106 cm³/mol. The topological polar surface area (TPSA) is 79.3 Å². The molecular weight excluding hydrogens is 366 g/mol. The van der Waals surface area contributed by atoms with Crippen LogP contribution in [0.2, 0.25) is 5.02 Å². The van der Waals surface area contributed by atoms with Crippen molar-refractivity contribution >= 4 is 34.9 Å². The molecule has 1 aromatic heterocycles. The molecule has 7 nitrogen and oxygen atoms in total. The Morgan fingerprint density at radius 3 is 2.63 bits per heavy atom. The van der Waals surface area contributed by atoms with Gasteiger partial charge in [0.2, 0.25) is 11.8 Å². The molecule has 8 heteroatoms. The third-order valence-corrected chi connectivity index (χ3v) is 4.80. The Kier molecular flexibility index (Phi) is 6.13. The van der Waals surface area contributed by atoms with E-state index in [1.165, 1.54) is 12.8 Å². The van der Waals surface area contributed by atoms with Gasteiger partial charge in [-0.05, 0) is 50.9 Å². The van der Waals surface area contributed by atoms with Crippen molar-refractivity contribution in [3.63, 3.8) is 0 Å². The molecule has 1 unspecified atom stereocenters. The molecule has 2 N–H and O–H groups in total. The Morgan fingerprint density at radius 1 is 1.26 bits per heavy atom. The minimum absolute atomic E-state index is 0.0949. The summed E-state index contributed by atoms with van der Waals surface area (Å²) in [5, 5.41) is 10.5. The van der Waals surface area contributed by atoms with Gasteiger partial charge in [0.05, 0.1) is 25.3 Å². The van der Waals surface area contributed by atoms with Crippen molar-refractivity contribution in [2.75, 3.05) is 30.8 Å². The molecule has 1 aliphatic carbocycles. The second-order valence-electron chi connectivity index (χ2n) is 7.02. The van der Waals surface area contributed by atoms with Crippen molar-refractivity contribution in [1.29, 1.82) is 0 Å². The van der Waals surface area contributed by atoms with Crippen molar-refractivity contribution in [2.45, 2.75) is 25.8 Å². The third kappa shape index (κ3) is 5.55. The SMILES string of the molecule is CC(C1CC1)n1nccc1NC(=O)CN(C)CC(=O)Nc1cccc(Cl)c1. The van der Waals surface area contributed by atoms with Crippen molar-refractivity contribution in [2.24, 2.45) is 5.92 Å². The van der Waals surface area contributed by atoms with E-state index in [2.05, 4.69) is 22.7 Å². The van der Waals surface area contributed by atoms with Gasteiger partial charge in [0.25, 0.3) is 0 Å². The molecule has 0 bridgehead atoms. The smallest absolute Gasteiger partial charge is 0.239 e. The highest BCUT2D eigenvalue weighted by Gasteiger charge is 2.30. The van der Waals surface area contributed by atoms with E-state index in [1.54, 1.807) is 48.5 Å². The van der Waals surface area contributed by atoms with Crippen molar-refractivity contribution in [1.82, 2.24) is 14.7 Å². The number of carbonyl (C=O) groups excluding carboxylic acids is 2. The van der Waals surface area contributed by atoms with Crippen molar-refractivity contribution in [3.05, 3.63) is 41.6 Å². The molecule has 0 spiro atoms. The fraction of sp³-hybridized carbons (Fsp3) is 0.421. The van der Waals surface area contributed by atoms with E-state index >= 15 is 0 Å². The van der Waals surface area contributed by atoms with Gasteiger partial charge in [0.1, 0.15) is 5.82 Å². The van der Waals surface area contributed by atoms with Gasteiger partial charge in [-0.15, -0.1) is 0 Å². The van der Waals surface area contributed by atoms with Gasteiger partial charge in [-0.2, -0.15) is 5.10 Å². The maximum absolute atomic E-state index is 12.3. The molecule has 1 heterocycles. The first-order valence-electron chi connectivity index (χ1n) is 8.99. The van der Waals surface area contributed by atoms with Gasteiger partial charge < -0.3 is 10.6 Å². The summed E-state index contributed by atoms with van der Waals surface area (Å²) in [7, 11) is 1.72. The number of nitrogens with zero attached hydrogens (tertiary/aromatic N) is 3. The zero-order valence-electron chi connectivity index (χ0n) is 15.5. The molecule has 0 aliphatic heterocycles. The molecule has 1 fully saturated rings. The van der Waals surface area contributed by atoms with Crippen LogP contribution in [0.3, 0.4) is 0 Å². The number of hydrogen-bond donors (Lipinski definition) is 2. The quantitative estimate of drug-likeness (QED) is 0.727. The Hall–Kier alpha value is -2.38. The lowest BCUT2D eigenvalue weighted by molar-refractivity contribution is -0.119. The number of benzene rings is 1. The molecule has 1 saturated carbocycles. The van der Waals surface area contributed by atoms with Crippen LogP contribution in [0.5, 0.6) is 0 Å². The first-order chi connectivity index (χ1) is 12.9. The fourth-order valence-corrected chi connectivity index (χ4v) is 3.20. The Labute approximate surface area is 163 Å². The van der Waals surface area contributed by atoms with E-state index < -0.39 is 0 Å². The number of nitrogens with one attached hydrogen (secondary N) is 2. The monoisotopic (exact) mass is 389 g/mol. The lowest BCUT2D eigenvalue weighted by Crippen LogP contribution is -2.36. The Bertz CT molecular complexity index is 818. The maximum atomic E-state index is 12.3. The molecule has 1 atom stereocenters. The zero-order valence-corrected chi connectivity index (χ0v) is 16.2. The van der Waals surface area contributed by atoms with Crippen LogP contribution in [-0.2, 0) is 9.59 Å². The van der Waals surface area contributed by atoms with Crippen molar-refractivity contribution < 1.29 is 9.59 Å². The van der Waals surface area contributed by atoms with Gasteiger partial charge >= 0.3 is 0 Å². The summed E-state index contributed by atoms with van der Waals surface area (Å²) in [4.78, 5) is 26.1. The molecule has 2 amide bonds. The van der Waals surface area contributed by atoms with E-state index in [4.69, 9.17) is 11.6 Å². The van der Waals surface area contributed by atoms with Crippen LogP contribution in [0.15, 0.2) is 36.5 Å². The van der Waals surface area contributed by atoms with Gasteiger partial charge in [-0.1, -0.05) is 17.7 Å². The van der Waals surface area contributed by atoms with Crippen LogP contribution in [0.25, 0.3) is 0 Å². The molecule has 27 heavy (non-hydrogen) atoms. The number of amides is 2. The summed E-state index contributed by atoms with van der Waals surface area (Å²) in [6.07, 6.45) is 4.11. The highest BCUT2D eigenvalue weighted by Crippen LogP contribution is 2.40. The van der Waals surface area contributed by atoms with Gasteiger partial charge in [-0.25, -0.2) is 4.68 Å². The first-order valence-corrected chi connectivity index (χ1v) is 9.37. The van der Waals surface area contributed by atoms with Gasteiger partial charge in [0, 0.05) is 16.8 Å². The van der Waals surface area contributed by atoms with Gasteiger partial charge in [-0.3, -0.25) is 14.5 Å². The fourth-order valence-electron chi connectivity index (χ4n) is 3.01. The molecule has 2 aromatic rings. The Morgan fingerprint density at radius 2 is 1.96 bits per heavy atom. The van der Waals surface area contributed by atoms with E-state index in [0.29, 0.717) is 22.4 Å². The summed E-state index contributed by atoms with van der Waals surface area (Å²) in [5.74, 6) is 0.937. The minimum atomic E-state index is -0.208. The highest BCUT2D eigenvalue weighted by atomic mass is 35.5. The lowest BCUT2D eigenvalue weighted by atomic mass is 10.2. The van der Waals surface area contributed by atoms with Crippen LogP contribution < -0.4 is 10.6 Å². The van der Waals surface area contributed by atoms with Gasteiger partial charge in [0.15, 0.2) is 0 Å². The molecule has 1 aliphatic rings. The predicted octanol–water partition coefficient (Wildman–Crippen LogP) is 3.02. The van der Waals surface area contributed by atoms with E-state index in [9.17, 15) is 9.59 Å². The first kappa shape index (κ1) is 19.4. The zero-order chi connectivity index (χ0) is 19.4. The molecule has 1 aromatic carbocycles. The number of aromatic nitrogens is 2. The summed E-state index contributed by atoms with van der Waals surface area (Å²) in [5.41, 5.74) is 0.628. The number of anilines is 2. The summed E-state index contributed by atoms with van der Waals surface area (Å²) in [6.45, 7) is 2.32. The molecule has 144 valence electrons. The number of likely N-dealkylation sites (N-methyl/N-ethyl adjacent to an activating group) is 1. The van der Waals surface area contributed by atoms with Crippen LogP contribution in [0.1, 0.15) is 25.8 Å². The maximum Gasteiger partial charge on any atom is 0.239 e. The summed E-state index contributed by atoms with van der Waals surface area (Å²) < 4.78 is 1.86. The molecule has 0 radical (unpaired) electrons. The van der Waals surface area contributed by atoms with E-state index in [1.807, 2.05) is 4.68 Å². The minimum Gasteiger partial charge on any atom is -0.325 e. The summed E-state index contributed by atoms with van der Waals surface area (Å²) >= 11 is 5.91. The largest absolute Gasteiger partial charge is 0.325 e. The number of hydrogen-bond acceptors (Lipinski definition) is 4. The summed E-state index contributed by atoms with van der Waals surface area (Å²) in [6, 6.07) is 9.01. The average molecular weight is 390 g/mol. The average Bonchev–Trinajstić information content (AvgIpc) is 3.34. The van der Waals surface area contributed by atoms with Crippen molar-refractivity contribution in [3.8, 4) is 0 Å². The van der Waals surface area contributed by atoms with E-state index in [0.717, 1.165) is 0 Å². The van der Waals surface area contributed by atoms with Crippen LogP contribution >= 0.6 is 11.6 Å². The van der Waals surface area contributed by atoms with Crippen LogP contribution in [0, 0.1) is 5.92 Å². The third-order valence-electron chi connectivity index (χ3n) is 4.56.